The zero-order valence-electron chi connectivity index (χ0n) is 6.52. The maximum Gasteiger partial charge on any atom is 0.0565 e. The first-order chi connectivity index (χ1) is 4.01. The van der Waals surface area contributed by atoms with E-state index in [0.717, 1.165) is 0 Å². The summed E-state index contributed by atoms with van der Waals surface area (Å²) in [6.45, 7) is 1.88. The molecule has 2 atom stereocenters. The maximum absolute atomic E-state index is 9.09. The van der Waals surface area contributed by atoms with Gasteiger partial charge in [-0.3, -0.25) is 0 Å². The molecule has 0 aromatic rings. The van der Waals surface area contributed by atoms with Gasteiger partial charge in [-0.1, -0.05) is 13.3 Å². The van der Waals surface area contributed by atoms with Gasteiger partial charge in [0.05, 0.1) is 6.10 Å². The predicted molar refractivity (Wildman–Crippen MR) is 29.0 cm³/mol. The van der Waals surface area contributed by atoms with Gasteiger partial charge < -0.3 is 5.11 Å². The molecule has 0 saturated heterocycles. The molecule has 0 aromatic carbocycles. The minimum absolute atomic E-state index is 0.139. The van der Waals surface area contributed by atoms with Crippen LogP contribution in [-0.4, -0.2) is 11.2 Å². The molecule has 0 bridgehead atoms. The largest absolute Gasteiger partial charge is 0.393 e. The summed E-state index contributed by atoms with van der Waals surface area (Å²) in [6, 6.07) is 0. The van der Waals surface area contributed by atoms with E-state index in [9.17, 15) is 0 Å². The van der Waals surface area contributed by atoms with Crippen molar-refractivity contribution in [3.05, 3.63) is 0 Å². The third-order valence-corrected chi connectivity index (χ3v) is 1.48. The minimum Gasteiger partial charge on any atom is -0.393 e. The molecule has 1 N–H and O–H groups in total. The smallest absolute Gasteiger partial charge is 0.0565 e. The van der Waals surface area contributed by atoms with E-state index >= 15 is 0 Å². The fourth-order valence-corrected chi connectivity index (χ4v) is 0.796. The van der Waals surface area contributed by atoms with E-state index in [1.165, 1.54) is 0 Å². The molecule has 0 amide bonds. The Morgan fingerprint density at radius 1 is 1.71 bits per heavy atom. The molecule has 0 spiro atoms. The number of aliphatic hydroxyl groups excluding tert-OH is 1. The highest BCUT2D eigenvalue weighted by Gasteiger charge is 2.19. The van der Waals surface area contributed by atoms with Crippen molar-refractivity contribution in [3.8, 4) is 0 Å². The van der Waals surface area contributed by atoms with Crippen LogP contribution in [-0.2, 0) is 0 Å². The number of hydrogen-bond donors (Lipinski definition) is 1. The van der Waals surface area contributed by atoms with Crippen LogP contribution in [0.2, 0.25) is 0 Å². The van der Waals surface area contributed by atoms with Crippen LogP contribution in [0.25, 0.3) is 0 Å². The van der Waals surface area contributed by atoms with E-state index in [2.05, 4.69) is 0 Å². The molecular formula is C6H12O. The SMILES string of the molecule is [2H]C1([2H])CC(C)C(O)C1. The van der Waals surface area contributed by atoms with Crippen molar-refractivity contribution in [2.45, 2.75) is 32.2 Å². The Balaban J connectivity index is 2.54. The third kappa shape index (κ3) is 0.942. The lowest BCUT2D eigenvalue weighted by Gasteiger charge is -2.04. The van der Waals surface area contributed by atoms with Crippen molar-refractivity contribution in [1.82, 2.24) is 0 Å². The van der Waals surface area contributed by atoms with E-state index in [1.807, 2.05) is 6.92 Å². The molecule has 7 heavy (non-hydrogen) atoms. The van der Waals surface area contributed by atoms with Gasteiger partial charge in [-0.15, -0.1) is 0 Å². The van der Waals surface area contributed by atoms with Crippen LogP contribution in [0.15, 0.2) is 0 Å². The monoisotopic (exact) mass is 102 g/mol. The van der Waals surface area contributed by atoms with Crippen molar-refractivity contribution >= 4 is 0 Å². The Labute approximate surface area is 47.2 Å². The van der Waals surface area contributed by atoms with Crippen LogP contribution in [0.3, 0.4) is 0 Å². The molecule has 0 heterocycles. The highest BCUT2D eigenvalue weighted by atomic mass is 16.3. The topological polar surface area (TPSA) is 20.2 Å². The minimum atomic E-state index is -1.11. The first-order valence-electron chi connectivity index (χ1n) is 3.69. The first-order valence-corrected chi connectivity index (χ1v) is 2.69. The molecule has 1 fully saturated rings. The van der Waals surface area contributed by atoms with Crippen LogP contribution in [0.1, 0.15) is 28.9 Å². The van der Waals surface area contributed by atoms with E-state index in [4.69, 9.17) is 7.85 Å². The van der Waals surface area contributed by atoms with E-state index in [-0.39, 0.29) is 5.92 Å². The number of hydrogen-bond acceptors (Lipinski definition) is 1. The van der Waals surface area contributed by atoms with E-state index < -0.39 is 12.5 Å². The molecule has 42 valence electrons. The van der Waals surface area contributed by atoms with Gasteiger partial charge in [0.15, 0.2) is 0 Å². The van der Waals surface area contributed by atoms with Gasteiger partial charge in [0.2, 0.25) is 0 Å². The Morgan fingerprint density at radius 2 is 2.43 bits per heavy atom. The summed E-state index contributed by atoms with van der Waals surface area (Å²) in [4.78, 5) is 0. The zero-order valence-corrected chi connectivity index (χ0v) is 4.52. The summed E-state index contributed by atoms with van der Waals surface area (Å²) in [5.74, 6) is 0.139. The fraction of sp³-hybridized carbons (Fsp3) is 1.00. The normalized spacial score (nSPS) is 53.4. The maximum atomic E-state index is 9.09. The highest BCUT2D eigenvalue weighted by Crippen LogP contribution is 2.23. The summed E-state index contributed by atoms with van der Waals surface area (Å²) in [6.07, 6.45) is -0.707. The summed E-state index contributed by atoms with van der Waals surface area (Å²) in [5, 5.41) is 9.09. The standard InChI is InChI=1S/C6H12O/c1-5-3-2-4-6(5)7/h5-7H,2-4H2,1H3/i2D2. The lowest BCUT2D eigenvalue weighted by molar-refractivity contribution is 0.141. The molecule has 0 radical (unpaired) electrons. The van der Waals surface area contributed by atoms with Crippen molar-refractivity contribution in [1.29, 1.82) is 0 Å². The van der Waals surface area contributed by atoms with Gasteiger partial charge in [-0.2, -0.15) is 0 Å². The molecule has 1 rings (SSSR count). The highest BCUT2D eigenvalue weighted by molar-refractivity contribution is 4.71. The second-order valence-corrected chi connectivity index (χ2v) is 2.20. The van der Waals surface area contributed by atoms with Crippen molar-refractivity contribution in [2.75, 3.05) is 0 Å². The van der Waals surface area contributed by atoms with Crippen molar-refractivity contribution < 1.29 is 7.85 Å². The van der Waals surface area contributed by atoms with Crippen molar-refractivity contribution in [3.63, 3.8) is 0 Å². The Morgan fingerprint density at radius 3 is 2.57 bits per heavy atom. The van der Waals surface area contributed by atoms with Crippen LogP contribution >= 0.6 is 0 Å². The zero-order chi connectivity index (χ0) is 7.07. The average molecular weight is 102 g/mol. The molecule has 1 aliphatic carbocycles. The van der Waals surface area contributed by atoms with Gasteiger partial charge in [-0.25, -0.2) is 0 Å². The second-order valence-electron chi connectivity index (χ2n) is 2.20. The van der Waals surface area contributed by atoms with Gasteiger partial charge in [-0.05, 0) is 18.8 Å². The molecule has 1 nitrogen and oxygen atoms in total. The predicted octanol–water partition coefficient (Wildman–Crippen LogP) is 1.17. The Bertz CT molecular complexity index is 102. The molecule has 0 aliphatic heterocycles. The van der Waals surface area contributed by atoms with Crippen LogP contribution < -0.4 is 0 Å². The molecule has 0 aromatic heterocycles. The van der Waals surface area contributed by atoms with Crippen LogP contribution in [0.5, 0.6) is 0 Å². The van der Waals surface area contributed by atoms with Crippen LogP contribution in [0, 0.1) is 5.92 Å². The summed E-state index contributed by atoms with van der Waals surface area (Å²) >= 11 is 0. The molecule has 1 heteroatoms. The Hall–Kier alpha value is -0.0400. The number of rotatable bonds is 0. The lowest BCUT2D eigenvalue weighted by Crippen LogP contribution is -2.07. The van der Waals surface area contributed by atoms with Gasteiger partial charge >= 0.3 is 0 Å². The summed E-state index contributed by atoms with van der Waals surface area (Å²) < 4.78 is 14.5. The van der Waals surface area contributed by atoms with E-state index in [0.29, 0.717) is 12.8 Å². The molecule has 1 saturated carbocycles. The summed E-state index contributed by atoms with van der Waals surface area (Å²) in [5.41, 5.74) is 0. The van der Waals surface area contributed by atoms with Gasteiger partial charge in [0, 0.05) is 2.74 Å². The lowest BCUT2D eigenvalue weighted by atomic mass is 10.1. The first kappa shape index (κ1) is 3.08. The Kier molecular flexibility index (Phi) is 0.803. The molecule has 2 unspecified atom stereocenters. The van der Waals surface area contributed by atoms with Gasteiger partial charge in [0.25, 0.3) is 0 Å². The second kappa shape index (κ2) is 1.83. The van der Waals surface area contributed by atoms with Crippen LogP contribution in [0.4, 0.5) is 0 Å². The van der Waals surface area contributed by atoms with Gasteiger partial charge in [0.1, 0.15) is 0 Å². The summed E-state index contributed by atoms with van der Waals surface area (Å²) in [7, 11) is 0. The third-order valence-electron chi connectivity index (χ3n) is 1.48. The van der Waals surface area contributed by atoms with E-state index in [1.54, 1.807) is 0 Å². The molecule has 1 aliphatic rings. The molecular weight excluding hydrogens is 88.1 g/mol. The van der Waals surface area contributed by atoms with Crippen molar-refractivity contribution in [2.24, 2.45) is 5.92 Å². The fourth-order valence-electron chi connectivity index (χ4n) is 0.796. The number of aliphatic hydroxyl groups is 1. The quantitative estimate of drug-likeness (QED) is 0.486. The average Bonchev–Trinajstić information content (AvgIpc) is 1.79.